The average molecular weight is 343 g/mol. The second-order valence-electron chi connectivity index (χ2n) is 6.12. The second-order valence-corrected chi connectivity index (χ2v) is 6.12. The van der Waals surface area contributed by atoms with Gasteiger partial charge >= 0.3 is 0 Å². The highest BCUT2D eigenvalue weighted by Gasteiger charge is 2.15. The standard InChI is InChI=1S/C22H21N3O/c1-17-5-7-19(8-6-17)16-21(20-4-2-3-13-24-20)25-22(26)10-9-18-11-14-23-15-12-18/h2-15,21H,16H2,1H3,(H,25,26). The van der Waals surface area contributed by atoms with Gasteiger partial charge in [-0.3, -0.25) is 14.8 Å². The number of aromatic nitrogens is 2. The first-order chi connectivity index (χ1) is 12.7. The van der Waals surface area contributed by atoms with Crippen LogP contribution < -0.4 is 5.32 Å². The summed E-state index contributed by atoms with van der Waals surface area (Å²) in [5, 5.41) is 3.06. The van der Waals surface area contributed by atoms with E-state index in [1.807, 2.05) is 30.3 Å². The minimum absolute atomic E-state index is 0.149. The Morgan fingerprint density at radius 3 is 2.50 bits per heavy atom. The van der Waals surface area contributed by atoms with Crippen molar-refractivity contribution in [2.24, 2.45) is 0 Å². The van der Waals surface area contributed by atoms with Crippen molar-refractivity contribution in [2.75, 3.05) is 0 Å². The van der Waals surface area contributed by atoms with Crippen LogP contribution in [-0.2, 0) is 11.2 Å². The molecule has 1 N–H and O–H groups in total. The molecule has 3 rings (SSSR count). The van der Waals surface area contributed by atoms with Crippen LogP contribution in [0.1, 0.15) is 28.4 Å². The Labute approximate surface area is 153 Å². The Morgan fingerprint density at radius 1 is 1.04 bits per heavy atom. The third kappa shape index (κ3) is 5.11. The van der Waals surface area contributed by atoms with Gasteiger partial charge in [-0.15, -0.1) is 0 Å². The molecule has 0 radical (unpaired) electrons. The van der Waals surface area contributed by atoms with Gasteiger partial charge in [-0.1, -0.05) is 35.9 Å². The molecule has 1 unspecified atom stereocenters. The summed E-state index contributed by atoms with van der Waals surface area (Å²) in [5.41, 5.74) is 4.15. The number of nitrogens with zero attached hydrogens (tertiary/aromatic N) is 2. The van der Waals surface area contributed by atoms with Gasteiger partial charge in [-0.05, 0) is 54.8 Å². The zero-order valence-corrected chi connectivity index (χ0v) is 14.7. The number of carbonyl (C=O) groups is 1. The summed E-state index contributed by atoms with van der Waals surface area (Å²) in [4.78, 5) is 20.8. The van der Waals surface area contributed by atoms with Gasteiger partial charge in [0.15, 0.2) is 0 Å². The first-order valence-corrected chi connectivity index (χ1v) is 8.56. The molecular formula is C22H21N3O. The predicted octanol–water partition coefficient (Wildman–Crippen LogP) is 3.90. The van der Waals surface area contributed by atoms with Crippen LogP contribution >= 0.6 is 0 Å². The van der Waals surface area contributed by atoms with E-state index >= 15 is 0 Å². The van der Waals surface area contributed by atoms with Crippen molar-refractivity contribution >= 4 is 12.0 Å². The van der Waals surface area contributed by atoms with Crippen LogP contribution in [-0.4, -0.2) is 15.9 Å². The van der Waals surface area contributed by atoms with Gasteiger partial charge < -0.3 is 5.32 Å². The first kappa shape index (κ1) is 17.5. The lowest BCUT2D eigenvalue weighted by Crippen LogP contribution is -2.29. The SMILES string of the molecule is Cc1ccc(CC(NC(=O)C=Cc2ccncc2)c2ccccn2)cc1. The van der Waals surface area contributed by atoms with E-state index in [9.17, 15) is 4.79 Å². The summed E-state index contributed by atoms with van der Waals surface area (Å²) in [6.07, 6.45) is 9.15. The number of hydrogen-bond donors (Lipinski definition) is 1. The molecule has 1 atom stereocenters. The first-order valence-electron chi connectivity index (χ1n) is 8.56. The molecule has 0 saturated heterocycles. The molecule has 0 spiro atoms. The fourth-order valence-corrected chi connectivity index (χ4v) is 2.64. The molecule has 130 valence electrons. The van der Waals surface area contributed by atoms with Crippen molar-refractivity contribution in [1.82, 2.24) is 15.3 Å². The van der Waals surface area contributed by atoms with Crippen LogP contribution in [0.3, 0.4) is 0 Å². The molecule has 1 amide bonds. The molecule has 0 aliphatic heterocycles. The van der Waals surface area contributed by atoms with E-state index in [1.54, 1.807) is 30.7 Å². The molecule has 2 heterocycles. The molecular weight excluding hydrogens is 322 g/mol. The molecule has 3 aromatic rings. The van der Waals surface area contributed by atoms with Crippen molar-refractivity contribution < 1.29 is 4.79 Å². The fraction of sp³-hybridized carbons (Fsp3) is 0.136. The molecule has 26 heavy (non-hydrogen) atoms. The Morgan fingerprint density at radius 2 is 1.81 bits per heavy atom. The summed E-state index contributed by atoms with van der Waals surface area (Å²) in [5.74, 6) is -0.149. The van der Waals surface area contributed by atoms with Gasteiger partial charge in [0.1, 0.15) is 0 Å². The van der Waals surface area contributed by atoms with Crippen molar-refractivity contribution in [2.45, 2.75) is 19.4 Å². The quantitative estimate of drug-likeness (QED) is 0.691. The summed E-state index contributed by atoms with van der Waals surface area (Å²) in [7, 11) is 0. The van der Waals surface area contributed by atoms with Crippen LogP contribution in [0.25, 0.3) is 6.08 Å². The van der Waals surface area contributed by atoms with E-state index < -0.39 is 0 Å². The largest absolute Gasteiger partial charge is 0.344 e. The number of nitrogens with one attached hydrogen (secondary N) is 1. The molecule has 0 fully saturated rings. The minimum Gasteiger partial charge on any atom is -0.344 e. The van der Waals surface area contributed by atoms with E-state index in [4.69, 9.17) is 0 Å². The lowest BCUT2D eigenvalue weighted by Gasteiger charge is -2.17. The van der Waals surface area contributed by atoms with E-state index in [1.165, 1.54) is 5.56 Å². The van der Waals surface area contributed by atoms with Crippen LogP contribution in [0.5, 0.6) is 0 Å². The van der Waals surface area contributed by atoms with Gasteiger partial charge in [0.2, 0.25) is 5.91 Å². The number of hydrogen-bond acceptors (Lipinski definition) is 3. The summed E-state index contributed by atoms with van der Waals surface area (Å²) in [6.45, 7) is 2.06. The van der Waals surface area contributed by atoms with E-state index in [-0.39, 0.29) is 11.9 Å². The average Bonchev–Trinajstić information content (AvgIpc) is 2.69. The van der Waals surface area contributed by atoms with Crippen LogP contribution in [0.2, 0.25) is 0 Å². The number of pyridine rings is 2. The Balaban J connectivity index is 1.74. The van der Waals surface area contributed by atoms with E-state index in [0.29, 0.717) is 6.42 Å². The van der Waals surface area contributed by atoms with Crippen molar-refractivity contribution in [3.05, 3.63) is 102 Å². The molecule has 1 aromatic carbocycles. The Hall–Kier alpha value is -3.27. The lowest BCUT2D eigenvalue weighted by atomic mass is 10.0. The maximum atomic E-state index is 12.4. The molecule has 0 aliphatic carbocycles. The molecule has 0 bridgehead atoms. The highest BCUT2D eigenvalue weighted by atomic mass is 16.1. The smallest absolute Gasteiger partial charge is 0.244 e. The van der Waals surface area contributed by atoms with E-state index in [2.05, 4.69) is 46.5 Å². The van der Waals surface area contributed by atoms with Crippen LogP contribution in [0.4, 0.5) is 0 Å². The molecule has 4 heteroatoms. The summed E-state index contributed by atoms with van der Waals surface area (Å²) in [6, 6.07) is 17.6. The maximum absolute atomic E-state index is 12.4. The van der Waals surface area contributed by atoms with Crippen LogP contribution in [0, 0.1) is 6.92 Å². The Kier molecular flexibility index (Phi) is 5.88. The third-order valence-electron chi connectivity index (χ3n) is 4.05. The van der Waals surface area contributed by atoms with Crippen molar-refractivity contribution in [3.63, 3.8) is 0 Å². The van der Waals surface area contributed by atoms with Gasteiger partial charge in [0.05, 0.1) is 11.7 Å². The highest BCUT2D eigenvalue weighted by molar-refractivity contribution is 5.91. The number of benzene rings is 1. The Bertz CT molecular complexity index is 859. The lowest BCUT2D eigenvalue weighted by molar-refractivity contribution is -0.117. The van der Waals surface area contributed by atoms with Gasteiger partial charge in [0, 0.05) is 24.7 Å². The van der Waals surface area contributed by atoms with Gasteiger partial charge in [0.25, 0.3) is 0 Å². The normalized spacial score (nSPS) is 12.0. The number of aryl methyl sites for hydroxylation is 1. The number of carbonyl (C=O) groups excluding carboxylic acids is 1. The maximum Gasteiger partial charge on any atom is 0.244 e. The van der Waals surface area contributed by atoms with Gasteiger partial charge in [-0.25, -0.2) is 0 Å². The summed E-state index contributed by atoms with van der Waals surface area (Å²) >= 11 is 0. The fourth-order valence-electron chi connectivity index (χ4n) is 2.64. The minimum atomic E-state index is -0.187. The van der Waals surface area contributed by atoms with Gasteiger partial charge in [-0.2, -0.15) is 0 Å². The zero-order chi connectivity index (χ0) is 18.2. The van der Waals surface area contributed by atoms with Crippen molar-refractivity contribution in [3.8, 4) is 0 Å². The second kappa shape index (κ2) is 8.72. The number of amides is 1. The van der Waals surface area contributed by atoms with Crippen molar-refractivity contribution in [1.29, 1.82) is 0 Å². The molecule has 4 nitrogen and oxygen atoms in total. The number of rotatable bonds is 6. The molecule has 0 saturated carbocycles. The third-order valence-corrected chi connectivity index (χ3v) is 4.05. The topological polar surface area (TPSA) is 54.9 Å². The zero-order valence-electron chi connectivity index (χ0n) is 14.7. The molecule has 2 aromatic heterocycles. The summed E-state index contributed by atoms with van der Waals surface area (Å²) < 4.78 is 0. The highest BCUT2D eigenvalue weighted by Crippen LogP contribution is 2.17. The predicted molar refractivity (Wildman–Crippen MR) is 103 cm³/mol. The monoisotopic (exact) mass is 343 g/mol. The molecule has 0 aliphatic rings. The van der Waals surface area contributed by atoms with Crippen LogP contribution in [0.15, 0.2) is 79.3 Å². The van der Waals surface area contributed by atoms with E-state index in [0.717, 1.165) is 16.8 Å².